The van der Waals surface area contributed by atoms with E-state index in [1.807, 2.05) is 30.2 Å². The van der Waals surface area contributed by atoms with Crippen LogP contribution in [-0.2, 0) is 24.2 Å². The summed E-state index contributed by atoms with van der Waals surface area (Å²) < 4.78 is 12.3. The second-order valence-corrected chi connectivity index (χ2v) is 5.63. The molecule has 2 aromatic rings. The molecular weight excluding hydrogens is 308 g/mol. The van der Waals surface area contributed by atoms with Crippen molar-refractivity contribution in [2.45, 2.75) is 26.4 Å². The molecule has 0 unspecified atom stereocenters. The van der Waals surface area contributed by atoms with Crippen LogP contribution >= 0.6 is 0 Å². The van der Waals surface area contributed by atoms with Gasteiger partial charge in [0.15, 0.2) is 0 Å². The maximum absolute atomic E-state index is 12.6. The molecule has 24 heavy (non-hydrogen) atoms. The Hall–Kier alpha value is -2.41. The van der Waals surface area contributed by atoms with Crippen LogP contribution in [0.25, 0.3) is 0 Å². The average molecular weight is 330 g/mol. The third kappa shape index (κ3) is 3.56. The van der Waals surface area contributed by atoms with E-state index in [-0.39, 0.29) is 5.91 Å². The molecule has 0 radical (unpaired) electrons. The third-order valence-corrected chi connectivity index (χ3v) is 4.03. The van der Waals surface area contributed by atoms with Crippen LogP contribution in [0.15, 0.2) is 24.4 Å². The van der Waals surface area contributed by atoms with Crippen molar-refractivity contribution >= 4 is 5.91 Å². The van der Waals surface area contributed by atoms with Crippen molar-refractivity contribution in [1.82, 2.24) is 19.7 Å². The van der Waals surface area contributed by atoms with Crippen LogP contribution in [0.1, 0.15) is 28.7 Å². The predicted octanol–water partition coefficient (Wildman–Crippen LogP) is 1.52. The van der Waals surface area contributed by atoms with Gasteiger partial charge in [0.05, 0.1) is 12.3 Å². The number of rotatable bonds is 6. The summed E-state index contributed by atoms with van der Waals surface area (Å²) in [6, 6.07) is 5.59. The summed E-state index contributed by atoms with van der Waals surface area (Å²) in [5, 5.41) is 4.29. The number of carbonyl (C=O) groups is 1. The zero-order valence-electron chi connectivity index (χ0n) is 14.1. The lowest BCUT2D eigenvalue weighted by molar-refractivity contribution is 0.0726. The van der Waals surface area contributed by atoms with Gasteiger partial charge in [-0.2, -0.15) is 5.10 Å². The van der Waals surface area contributed by atoms with Crippen LogP contribution in [0.5, 0.6) is 5.88 Å². The third-order valence-electron chi connectivity index (χ3n) is 4.03. The van der Waals surface area contributed by atoms with E-state index in [4.69, 9.17) is 9.47 Å². The number of hydrogen-bond donors (Lipinski definition) is 0. The van der Waals surface area contributed by atoms with Crippen molar-refractivity contribution in [3.63, 3.8) is 0 Å². The average Bonchev–Trinajstić information content (AvgIpc) is 3.10. The van der Waals surface area contributed by atoms with Crippen molar-refractivity contribution in [3.8, 4) is 5.88 Å². The number of ether oxygens (including phenoxy) is 2. The molecule has 0 bridgehead atoms. The van der Waals surface area contributed by atoms with Crippen molar-refractivity contribution in [2.24, 2.45) is 0 Å². The number of pyridine rings is 1. The lowest BCUT2D eigenvalue weighted by atomic mass is 10.1. The Kier molecular flexibility index (Phi) is 5.10. The van der Waals surface area contributed by atoms with Crippen LogP contribution < -0.4 is 4.74 Å². The minimum Gasteiger partial charge on any atom is -0.475 e. The molecule has 3 rings (SSSR count). The standard InChI is InChI=1S/C17H22N4O3/c1-3-21-9-7-15(19-21)17(22)20-8-6-14-13(12-20)4-5-16(18-14)24-11-10-23-2/h4-5,7,9H,3,6,8,10-12H2,1-2H3. The molecule has 1 aliphatic heterocycles. The first kappa shape index (κ1) is 16.4. The van der Waals surface area contributed by atoms with E-state index in [1.54, 1.807) is 17.9 Å². The summed E-state index contributed by atoms with van der Waals surface area (Å²) in [5.74, 6) is 0.570. The van der Waals surface area contributed by atoms with Gasteiger partial charge in [-0.1, -0.05) is 6.07 Å². The summed E-state index contributed by atoms with van der Waals surface area (Å²) in [6.45, 7) is 4.96. The van der Waals surface area contributed by atoms with Crippen molar-refractivity contribution in [2.75, 3.05) is 26.9 Å². The molecule has 0 aliphatic carbocycles. The normalized spacial score (nSPS) is 13.7. The number of carbonyl (C=O) groups excluding carboxylic acids is 1. The number of aryl methyl sites for hydroxylation is 1. The summed E-state index contributed by atoms with van der Waals surface area (Å²) in [4.78, 5) is 18.9. The first-order valence-corrected chi connectivity index (χ1v) is 8.14. The fourth-order valence-electron chi connectivity index (χ4n) is 2.69. The molecule has 0 saturated carbocycles. The molecule has 0 atom stereocenters. The number of fused-ring (bicyclic) bond motifs is 1. The maximum Gasteiger partial charge on any atom is 0.274 e. The van der Waals surface area contributed by atoms with Gasteiger partial charge in [-0.15, -0.1) is 0 Å². The molecule has 0 N–H and O–H groups in total. The smallest absolute Gasteiger partial charge is 0.274 e. The zero-order valence-corrected chi connectivity index (χ0v) is 14.1. The summed E-state index contributed by atoms with van der Waals surface area (Å²) in [7, 11) is 1.64. The van der Waals surface area contributed by atoms with Gasteiger partial charge in [-0.3, -0.25) is 9.48 Å². The van der Waals surface area contributed by atoms with E-state index in [0.29, 0.717) is 37.9 Å². The summed E-state index contributed by atoms with van der Waals surface area (Å²) in [5.41, 5.74) is 2.55. The van der Waals surface area contributed by atoms with Gasteiger partial charge in [0, 0.05) is 45.4 Å². The largest absolute Gasteiger partial charge is 0.475 e. The van der Waals surface area contributed by atoms with Crippen LogP contribution in [-0.4, -0.2) is 52.4 Å². The lowest BCUT2D eigenvalue weighted by Crippen LogP contribution is -2.36. The Morgan fingerprint density at radius 3 is 2.92 bits per heavy atom. The minimum absolute atomic E-state index is 0.0340. The van der Waals surface area contributed by atoms with Crippen molar-refractivity contribution in [1.29, 1.82) is 0 Å². The van der Waals surface area contributed by atoms with Crippen LogP contribution in [0.3, 0.4) is 0 Å². The van der Waals surface area contributed by atoms with Crippen LogP contribution in [0, 0.1) is 0 Å². The molecule has 3 heterocycles. The van der Waals surface area contributed by atoms with Crippen LogP contribution in [0.4, 0.5) is 0 Å². The van der Waals surface area contributed by atoms with Crippen molar-refractivity contribution < 1.29 is 14.3 Å². The van der Waals surface area contributed by atoms with E-state index < -0.39 is 0 Å². The van der Waals surface area contributed by atoms with E-state index in [9.17, 15) is 4.79 Å². The Balaban J connectivity index is 1.67. The summed E-state index contributed by atoms with van der Waals surface area (Å²) >= 11 is 0. The van der Waals surface area contributed by atoms with Crippen LogP contribution in [0.2, 0.25) is 0 Å². The Morgan fingerprint density at radius 2 is 2.17 bits per heavy atom. The molecule has 128 valence electrons. The highest BCUT2D eigenvalue weighted by molar-refractivity contribution is 5.92. The molecule has 0 saturated heterocycles. The highest BCUT2D eigenvalue weighted by Gasteiger charge is 2.24. The first-order chi connectivity index (χ1) is 11.7. The van der Waals surface area contributed by atoms with E-state index in [1.165, 1.54) is 0 Å². The Labute approximate surface area is 141 Å². The highest BCUT2D eigenvalue weighted by atomic mass is 16.5. The molecule has 1 amide bonds. The molecule has 7 heteroatoms. The van der Waals surface area contributed by atoms with Gasteiger partial charge in [-0.05, 0) is 18.6 Å². The van der Waals surface area contributed by atoms with Gasteiger partial charge < -0.3 is 14.4 Å². The van der Waals surface area contributed by atoms with E-state index in [0.717, 1.165) is 24.2 Å². The Morgan fingerprint density at radius 1 is 1.29 bits per heavy atom. The molecular formula is C17H22N4O3. The quantitative estimate of drug-likeness (QED) is 0.751. The zero-order chi connectivity index (χ0) is 16.9. The molecule has 0 fully saturated rings. The van der Waals surface area contributed by atoms with Gasteiger partial charge in [0.25, 0.3) is 5.91 Å². The molecule has 0 spiro atoms. The second kappa shape index (κ2) is 7.44. The Bertz CT molecular complexity index is 714. The monoisotopic (exact) mass is 330 g/mol. The predicted molar refractivity (Wildman–Crippen MR) is 88.0 cm³/mol. The fraction of sp³-hybridized carbons (Fsp3) is 0.471. The number of hydrogen-bond acceptors (Lipinski definition) is 5. The first-order valence-electron chi connectivity index (χ1n) is 8.14. The van der Waals surface area contributed by atoms with E-state index >= 15 is 0 Å². The SMILES string of the molecule is CCn1ccc(C(=O)N2CCc3nc(OCCOC)ccc3C2)n1. The minimum atomic E-state index is -0.0340. The van der Waals surface area contributed by atoms with Gasteiger partial charge in [0.2, 0.25) is 5.88 Å². The number of methoxy groups -OCH3 is 1. The van der Waals surface area contributed by atoms with Gasteiger partial charge in [-0.25, -0.2) is 4.98 Å². The van der Waals surface area contributed by atoms with Gasteiger partial charge in [0.1, 0.15) is 12.3 Å². The van der Waals surface area contributed by atoms with E-state index in [2.05, 4.69) is 10.1 Å². The molecule has 1 aliphatic rings. The molecule has 0 aromatic carbocycles. The number of amides is 1. The van der Waals surface area contributed by atoms with Gasteiger partial charge >= 0.3 is 0 Å². The molecule has 2 aromatic heterocycles. The highest BCUT2D eigenvalue weighted by Crippen LogP contribution is 2.21. The summed E-state index contributed by atoms with van der Waals surface area (Å²) in [6.07, 6.45) is 2.55. The topological polar surface area (TPSA) is 69.5 Å². The lowest BCUT2D eigenvalue weighted by Gasteiger charge is -2.27. The fourth-order valence-corrected chi connectivity index (χ4v) is 2.69. The van der Waals surface area contributed by atoms with Crippen molar-refractivity contribution in [3.05, 3.63) is 41.3 Å². The number of aromatic nitrogens is 3. The second-order valence-electron chi connectivity index (χ2n) is 5.63. The maximum atomic E-state index is 12.6. The molecule has 7 nitrogen and oxygen atoms in total. The number of nitrogens with zero attached hydrogens (tertiary/aromatic N) is 4.